The van der Waals surface area contributed by atoms with E-state index in [9.17, 15) is 0 Å². The molecule has 1 aromatic rings. The van der Waals surface area contributed by atoms with Gasteiger partial charge in [-0.2, -0.15) is 0 Å². The summed E-state index contributed by atoms with van der Waals surface area (Å²) in [5.41, 5.74) is 1.37. The van der Waals surface area contributed by atoms with Gasteiger partial charge in [-0.1, -0.05) is 12.1 Å². The van der Waals surface area contributed by atoms with Gasteiger partial charge in [0.25, 0.3) is 0 Å². The second-order valence-electron chi connectivity index (χ2n) is 4.82. The second-order valence-corrected chi connectivity index (χ2v) is 4.82. The lowest BCUT2D eigenvalue weighted by atomic mass is 10.1. The van der Waals surface area contributed by atoms with Gasteiger partial charge in [0.15, 0.2) is 0 Å². The molecule has 0 spiro atoms. The molecule has 1 fully saturated rings. The highest BCUT2D eigenvalue weighted by molar-refractivity contribution is 5.27. The first-order chi connectivity index (χ1) is 8.88. The summed E-state index contributed by atoms with van der Waals surface area (Å²) in [6, 6.07) is 9.10. The molecule has 1 saturated heterocycles. The Kier molecular flexibility index (Phi) is 5.49. The Hall–Kier alpha value is -1.06. The SMILES string of the molecule is CCOc1ccc(CCNCC2CCCN2)cc1. The fraction of sp³-hybridized carbons (Fsp3) is 0.600. The minimum Gasteiger partial charge on any atom is -0.494 e. The van der Waals surface area contributed by atoms with Crippen LogP contribution in [0.1, 0.15) is 25.3 Å². The Morgan fingerprint density at radius 2 is 2.17 bits per heavy atom. The number of benzene rings is 1. The van der Waals surface area contributed by atoms with E-state index < -0.39 is 0 Å². The van der Waals surface area contributed by atoms with Crippen LogP contribution in [-0.2, 0) is 6.42 Å². The van der Waals surface area contributed by atoms with Crippen LogP contribution in [0.4, 0.5) is 0 Å². The van der Waals surface area contributed by atoms with Gasteiger partial charge in [-0.3, -0.25) is 0 Å². The molecule has 0 aromatic heterocycles. The first-order valence-electron chi connectivity index (χ1n) is 7.04. The first kappa shape index (κ1) is 13.4. The molecule has 1 atom stereocenters. The summed E-state index contributed by atoms with van der Waals surface area (Å²) in [7, 11) is 0. The highest BCUT2D eigenvalue weighted by Gasteiger charge is 2.12. The van der Waals surface area contributed by atoms with Crippen LogP contribution in [0.2, 0.25) is 0 Å². The minimum absolute atomic E-state index is 0.685. The fourth-order valence-electron chi connectivity index (χ4n) is 2.36. The molecule has 1 aliphatic rings. The van der Waals surface area contributed by atoms with Crippen LogP contribution in [0.5, 0.6) is 5.75 Å². The van der Waals surface area contributed by atoms with Gasteiger partial charge in [-0.05, 0) is 57.0 Å². The van der Waals surface area contributed by atoms with E-state index in [1.807, 2.05) is 6.92 Å². The molecule has 1 aliphatic heterocycles. The van der Waals surface area contributed by atoms with Gasteiger partial charge in [0.2, 0.25) is 0 Å². The largest absolute Gasteiger partial charge is 0.494 e. The summed E-state index contributed by atoms with van der Waals surface area (Å²) in [4.78, 5) is 0. The molecular weight excluding hydrogens is 224 g/mol. The molecule has 0 aliphatic carbocycles. The topological polar surface area (TPSA) is 33.3 Å². The van der Waals surface area contributed by atoms with Crippen molar-refractivity contribution in [2.24, 2.45) is 0 Å². The van der Waals surface area contributed by atoms with Gasteiger partial charge in [-0.25, -0.2) is 0 Å². The second kappa shape index (κ2) is 7.39. The summed E-state index contributed by atoms with van der Waals surface area (Å²) in [6.45, 7) is 6.07. The number of ether oxygens (including phenoxy) is 1. The Bertz CT molecular complexity index is 331. The van der Waals surface area contributed by atoms with Crippen molar-refractivity contribution in [2.45, 2.75) is 32.2 Å². The van der Waals surface area contributed by atoms with Crippen LogP contribution in [0.25, 0.3) is 0 Å². The van der Waals surface area contributed by atoms with Gasteiger partial charge < -0.3 is 15.4 Å². The molecule has 18 heavy (non-hydrogen) atoms. The predicted octanol–water partition coefficient (Wildman–Crippen LogP) is 1.97. The van der Waals surface area contributed by atoms with Crippen LogP contribution >= 0.6 is 0 Å². The Labute approximate surface area is 110 Å². The van der Waals surface area contributed by atoms with Crippen molar-refractivity contribution in [2.75, 3.05) is 26.2 Å². The molecule has 1 heterocycles. The third kappa shape index (κ3) is 4.31. The van der Waals surface area contributed by atoms with Crippen LogP contribution in [0.3, 0.4) is 0 Å². The smallest absolute Gasteiger partial charge is 0.119 e. The zero-order valence-corrected chi connectivity index (χ0v) is 11.2. The van der Waals surface area contributed by atoms with E-state index in [2.05, 4.69) is 34.9 Å². The zero-order valence-electron chi connectivity index (χ0n) is 11.2. The third-order valence-corrected chi connectivity index (χ3v) is 3.38. The Balaban J connectivity index is 1.63. The monoisotopic (exact) mass is 248 g/mol. The summed E-state index contributed by atoms with van der Waals surface area (Å²) in [6.07, 6.45) is 3.72. The van der Waals surface area contributed by atoms with Crippen molar-refractivity contribution in [1.29, 1.82) is 0 Å². The van der Waals surface area contributed by atoms with E-state index in [1.165, 1.54) is 24.9 Å². The lowest BCUT2D eigenvalue weighted by Crippen LogP contribution is -2.34. The maximum atomic E-state index is 5.43. The lowest BCUT2D eigenvalue weighted by Gasteiger charge is -2.11. The highest BCUT2D eigenvalue weighted by atomic mass is 16.5. The molecular formula is C15H24N2O. The average molecular weight is 248 g/mol. The van der Waals surface area contributed by atoms with Gasteiger partial charge in [0.1, 0.15) is 5.75 Å². The van der Waals surface area contributed by atoms with Crippen molar-refractivity contribution in [1.82, 2.24) is 10.6 Å². The maximum Gasteiger partial charge on any atom is 0.119 e. The molecule has 0 saturated carbocycles. The van der Waals surface area contributed by atoms with E-state index in [0.717, 1.165) is 31.9 Å². The van der Waals surface area contributed by atoms with Crippen LogP contribution in [0.15, 0.2) is 24.3 Å². The molecule has 0 amide bonds. The zero-order chi connectivity index (χ0) is 12.6. The normalized spacial score (nSPS) is 19.1. The standard InChI is InChI=1S/C15H24N2O/c1-2-18-15-7-5-13(6-8-15)9-11-16-12-14-4-3-10-17-14/h5-8,14,16-17H,2-4,9-12H2,1H3. The average Bonchev–Trinajstić information content (AvgIpc) is 2.90. The summed E-state index contributed by atoms with van der Waals surface area (Å²) >= 11 is 0. The lowest BCUT2D eigenvalue weighted by molar-refractivity contribution is 0.340. The molecule has 3 nitrogen and oxygen atoms in total. The first-order valence-corrected chi connectivity index (χ1v) is 7.04. The highest BCUT2D eigenvalue weighted by Crippen LogP contribution is 2.12. The third-order valence-electron chi connectivity index (χ3n) is 3.38. The van der Waals surface area contributed by atoms with Crippen LogP contribution in [0, 0.1) is 0 Å². The summed E-state index contributed by atoms with van der Waals surface area (Å²) in [5.74, 6) is 0.962. The van der Waals surface area contributed by atoms with E-state index in [0.29, 0.717) is 6.04 Å². The number of hydrogen-bond acceptors (Lipinski definition) is 3. The van der Waals surface area contributed by atoms with E-state index in [1.54, 1.807) is 0 Å². The Morgan fingerprint density at radius 1 is 1.33 bits per heavy atom. The molecule has 100 valence electrons. The Morgan fingerprint density at radius 3 is 2.83 bits per heavy atom. The molecule has 2 N–H and O–H groups in total. The molecule has 0 radical (unpaired) electrons. The van der Waals surface area contributed by atoms with Gasteiger partial charge >= 0.3 is 0 Å². The molecule has 1 aromatic carbocycles. The number of hydrogen-bond donors (Lipinski definition) is 2. The van der Waals surface area contributed by atoms with Crippen LogP contribution in [-0.4, -0.2) is 32.3 Å². The van der Waals surface area contributed by atoms with Crippen molar-refractivity contribution in [3.05, 3.63) is 29.8 Å². The summed E-state index contributed by atoms with van der Waals surface area (Å²) in [5, 5.41) is 7.02. The quantitative estimate of drug-likeness (QED) is 0.724. The number of rotatable bonds is 7. The number of nitrogens with one attached hydrogen (secondary N) is 2. The van der Waals surface area contributed by atoms with Crippen molar-refractivity contribution < 1.29 is 4.74 Å². The fourth-order valence-corrected chi connectivity index (χ4v) is 2.36. The predicted molar refractivity (Wildman–Crippen MR) is 75.2 cm³/mol. The molecule has 2 rings (SSSR count). The van der Waals surface area contributed by atoms with Crippen molar-refractivity contribution in [3.8, 4) is 5.75 Å². The van der Waals surface area contributed by atoms with Crippen LogP contribution < -0.4 is 15.4 Å². The van der Waals surface area contributed by atoms with E-state index >= 15 is 0 Å². The molecule has 1 unspecified atom stereocenters. The van der Waals surface area contributed by atoms with E-state index in [-0.39, 0.29) is 0 Å². The van der Waals surface area contributed by atoms with Gasteiger partial charge in [0, 0.05) is 12.6 Å². The van der Waals surface area contributed by atoms with Gasteiger partial charge in [-0.15, -0.1) is 0 Å². The minimum atomic E-state index is 0.685. The van der Waals surface area contributed by atoms with Crippen molar-refractivity contribution in [3.63, 3.8) is 0 Å². The maximum absolute atomic E-state index is 5.43. The molecule has 3 heteroatoms. The van der Waals surface area contributed by atoms with E-state index in [4.69, 9.17) is 4.74 Å². The van der Waals surface area contributed by atoms with Gasteiger partial charge in [0.05, 0.1) is 6.61 Å². The summed E-state index contributed by atoms with van der Waals surface area (Å²) < 4.78 is 5.43. The van der Waals surface area contributed by atoms with Crippen molar-refractivity contribution >= 4 is 0 Å². The molecule has 0 bridgehead atoms.